The summed E-state index contributed by atoms with van der Waals surface area (Å²) in [5.74, 6) is 2.41. The Kier molecular flexibility index (Phi) is 6.47. The lowest BCUT2D eigenvalue weighted by Gasteiger charge is -2.40. The van der Waals surface area contributed by atoms with Crippen LogP contribution in [0.4, 0.5) is 0 Å². The first-order valence-electron chi connectivity index (χ1n) is 9.99. The van der Waals surface area contributed by atoms with Crippen molar-refractivity contribution >= 4 is 0 Å². The monoisotopic (exact) mass is 350 g/mol. The molecule has 6 nitrogen and oxygen atoms in total. The topological polar surface area (TPSA) is 54.6 Å². The van der Waals surface area contributed by atoms with Gasteiger partial charge in [-0.2, -0.15) is 4.98 Å². The summed E-state index contributed by atoms with van der Waals surface area (Å²) in [5.41, 5.74) is 0. The van der Waals surface area contributed by atoms with E-state index in [0.717, 1.165) is 56.7 Å². The summed E-state index contributed by atoms with van der Waals surface area (Å²) in [5, 5.41) is 4.10. The predicted molar refractivity (Wildman–Crippen MR) is 97.5 cm³/mol. The fourth-order valence-electron chi connectivity index (χ4n) is 4.24. The average Bonchev–Trinajstić information content (AvgIpc) is 3.03. The molecule has 2 saturated heterocycles. The maximum absolute atomic E-state index is 5.85. The van der Waals surface area contributed by atoms with Gasteiger partial charge in [-0.25, -0.2) is 0 Å². The van der Waals surface area contributed by atoms with Crippen molar-refractivity contribution in [1.82, 2.24) is 19.9 Å². The minimum Gasteiger partial charge on any atom is -0.373 e. The summed E-state index contributed by atoms with van der Waals surface area (Å²) in [6, 6.07) is 0.225. The number of ether oxygens (including phenoxy) is 1. The zero-order chi connectivity index (χ0) is 17.8. The molecule has 0 amide bonds. The van der Waals surface area contributed by atoms with Crippen molar-refractivity contribution in [1.29, 1.82) is 0 Å². The predicted octanol–water partition coefficient (Wildman–Crippen LogP) is 2.90. The van der Waals surface area contributed by atoms with E-state index in [4.69, 9.17) is 9.26 Å². The van der Waals surface area contributed by atoms with Gasteiger partial charge in [0.1, 0.15) is 0 Å². The Hall–Kier alpha value is -0.980. The van der Waals surface area contributed by atoms with Crippen LogP contribution in [0.2, 0.25) is 0 Å². The van der Waals surface area contributed by atoms with Crippen molar-refractivity contribution in [3.05, 3.63) is 11.7 Å². The van der Waals surface area contributed by atoms with Gasteiger partial charge in [0.25, 0.3) is 0 Å². The highest BCUT2D eigenvalue weighted by atomic mass is 16.5. The van der Waals surface area contributed by atoms with Gasteiger partial charge in [-0.1, -0.05) is 12.1 Å². The molecular weight excluding hydrogens is 316 g/mol. The van der Waals surface area contributed by atoms with Crippen molar-refractivity contribution in [3.8, 4) is 0 Å². The third-order valence-corrected chi connectivity index (χ3v) is 5.52. The Balaban J connectivity index is 1.46. The third kappa shape index (κ3) is 5.02. The molecule has 1 aromatic rings. The lowest BCUT2D eigenvalue weighted by Crippen LogP contribution is -2.48. The molecule has 3 rings (SSSR count). The summed E-state index contributed by atoms with van der Waals surface area (Å²) >= 11 is 0. The summed E-state index contributed by atoms with van der Waals surface area (Å²) in [6.45, 7) is 14.3. The van der Waals surface area contributed by atoms with Gasteiger partial charge < -0.3 is 9.26 Å². The summed E-state index contributed by atoms with van der Waals surface area (Å²) < 4.78 is 11.3. The number of hydrogen-bond acceptors (Lipinski definition) is 6. The van der Waals surface area contributed by atoms with Crippen LogP contribution in [0.5, 0.6) is 0 Å². The number of rotatable bonds is 6. The van der Waals surface area contributed by atoms with Gasteiger partial charge in [0, 0.05) is 26.1 Å². The van der Waals surface area contributed by atoms with Crippen molar-refractivity contribution in [2.45, 2.75) is 71.6 Å². The van der Waals surface area contributed by atoms with Crippen LogP contribution in [0.15, 0.2) is 4.52 Å². The van der Waals surface area contributed by atoms with E-state index in [1.165, 1.54) is 19.4 Å². The van der Waals surface area contributed by atoms with Gasteiger partial charge in [-0.3, -0.25) is 9.80 Å². The molecule has 6 heteroatoms. The summed E-state index contributed by atoms with van der Waals surface area (Å²) in [6.07, 6.45) is 5.17. The van der Waals surface area contributed by atoms with Crippen LogP contribution < -0.4 is 0 Å². The number of aryl methyl sites for hydroxylation is 1. The highest BCUT2D eigenvalue weighted by molar-refractivity contribution is 4.93. The van der Waals surface area contributed by atoms with E-state index < -0.39 is 0 Å². The number of piperidine rings is 1. The van der Waals surface area contributed by atoms with Crippen LogP contribution in [-0.4, -0.2) is 64.9 Å². The van der Waals surface area contributed by atoms with Crippen molar-refractivity contribution in [2.75, 3.05) is 32.7 Å². The number of nitrogens with zero attached hydrogens (tertiary/aromatic N) is 4. The quantitative estimate of drug-likeness (QED) is 0.786. The second kappa shape index (κ2) is 8.60. The van der Waals surface area contributed by atoms with Crippen LogP contribution in [0.25, 0.3) is 0 Å². The van der Waals surface area contributed by atoms with Gasteiger partial charge in [-0.15, -0.1) is 0 Å². The van der Waals surface area contributed by atoms with Gasteiger partial charge >= 0.3 is 0 Å². The largest absolute Gasteiger partial charge is 0.373 e. The number of morpholine rings is 1. The molecule has 0 spiro atoms. The van der Waals surface area contributed by atoms with Crippen LogP contribution in [0.1, 0.15) is 64.7 Å². The van der Waals surface area contributed by atoms with E-state index in [0.29, 0.717) is 12.2 Å². The fourth-order valence-corrected chi connectivity index (χ4v) is 4.24. The molecule has 2 fully saturated rings. The summed E-state index contributed by atoms with van der Waals surface area (Å²) in [7, 11) is 0. The molecule has 2 aliphatic heterocycles. The molecule has 1 aromatic heterocycles. The Morgan fingerprint density at radius 2 is 1.84 bits per heavy atom. The minimum atomic E-state index is 0.225. The molecule has 0 aromatic carbocycles. The van der Waals surface area contributed by atoms with Crippen molar-refractivity contribution < 1.29 is 9.26 Å². The highest BCUT2D eigenvalue weighted by Gasteiger charge is 2.29. The molecular formula is C19H34N4O2. The molecule has 3 unspecified atom stereocenters. The van der Waals surface area contributed by atoms with Crippen molar-refractivity contribution in [2.24, 2.45) is 5.92 Å². The standard InChI is InChI=1S/C19H34N4O2/c1-5-6-18-20-19(25-21-18)16(4)23-9-7-17(8-10-23)13-22-11-14(2)24-15(3)12-22/h14-17H,5-13H2,1-4H3. The van der Waals surface area contributed by atoms with E-state index in [9.17, 15) is 0 Å². The average molecular weight is 351 g/mol. The summed E-state index contributed by atoms with van der Waals surface area (Å²) in [4.78, 5) is 9.65. The Morgan fingerprint density at radius 1 is 1.16 bits per heavy atom. The Morgan fingerprint density at radius 3 is 2.48 bits per heavy atom. The molecule has 142 valence electrons. The maximum Gasteiger partial charge on any atom is 0.243 e. The van der Waals surface area contributed by atoms with Gasteiger partial charge in [0.15, 0.2) is 5.82 Å². The van der Waals surface area contributed by atoms with Crippen LogP contribution in [0, 0.1) is 5.92 Å². The smallest absolute Gasteiger partial charge is 0.243 e. The van der Waals surface area contributed by atoms with E-state index >= 15 is 0 Å². The molecule has 2 aliphatic rings. The molecule has 0 aliphatic carbocycles. The minimum absolute atomic E-state index is 0.225. The maximum atomic E-state index is 5.85. The van der Waals surface area contributed by atoms with Crippen LogP contribution in [-0.2, 0) is 11.2 Å². The highest BCUT2D eigenvalue weighted by Crippen LogP contribution is 2.27. The van der Waals surface area contributed by atoms with E-state index in [1.54, 1.807) is 0 Å². The first kappa shape index (κ1) is 18.8. The van der Waals surface area contributed by atoms with Gasteiger partial charge in [-0.05, 0) is 59.0 Å². The lowest BCUT2D eigenvalue weighted by molar-refractivity contribution is -0.0735. The first-order chi connectivity index (χ1) is 12.0. The Labute approximate surface area is 151 Å². The molecule has 3 heterocycles. The SMILES string of the molecule is CCCc1noc(C(C)N2CCC(CN3CC(C)OC(C)C3)CC2)n1. The molecule has 3 atom stereocenters. The molecule has 0 saturated carbocycles. The van der Waals surface area contributed by atoms with Gasteiger partial charge in [0.05, 0.1) is 18.2 Å². The molecule has 0 radical (unpaired) electrons. The zero-order valence-corrected chi connectivity index (χ0v) is 16.3. The van der Waals surface area contributed by atoms with Crippen LogP contribution >= 0.6 is 0 Å². The number of aromatic nitrogens is 2. The normalized spacial score (nSPS) is 28.3. The number of likely N-dealkylation sites (tertiary alicyclic amines) is 1. The van der Waals surface area contributed by atoms with Gasteiger partial charge in [0.2, 0.25) is 5.89 Å². The lowest BCUT2D eigenvalue weighted by atomic mass is 9.94. The molecule has 0 bridgehead atoms. The van der Waals surface area contributed by atoms with E-state index in [1.807, 2.05) is 0 Å². The third-order valence-electron chi connectivity index (χ3n) is 5.52. The second-order valence-electron chi connectivity index (χ2n) is 7.93. The first-order valence-corrected chi connectivity index (χ1v) is 9.99. The molecule has 25 heavy (non-hydrogen) atoms. The fraction of sp³-hybridized carbons (Fsp3) is 0.895. The van der Waals surface area contributed by atoms with Crippen molar-refractivity contribution in [3.63, 3.8) is 0 Å². The Bertz CT molecular complexity index is 517. The molecule has 0 N–H and O–H groups in total. The zero-order valence-electron chi connectivity index (χ0n) is 16.3. The number of hydrogen-bond donors (Lipinski definition) is 0. The van der Waals surface area contributed by atoms with E-state index in [2.05, 4.69) is 47.6 Å². The second-order valence-corrected chi connectivity index (χ2v) is 7.93. The van der Waals surface area contributed by atoms with E-state index in [-0.39, 0.29) is 6.04 Å². The van der Waals surface area contributed by atoms with Crippen LogP contribution in [0.3, 0.4) is 0 Å².